The van der Waals surface area contributed by atoms with Crippen LogP contribution in [0.4, 0.5) is 0 Å². The van der Waals surface area contributed by atoms with Gasteiger partial charge in [-0.1, -0.05) is 24.9 Å². The van der Waals surface area contributed by atoms with Crippen molar-refractivity contribution < 1.29 is 13.2 Å². The molecular formula is C12H18ClNO3S. The highest BCUT2D eigenvalue weighted by molar-refractivity contribution is 7.89. The molecule has 0 aliphatic carbocycles. The molecule has 102 valence electrons. The Morgan fingerprint density at radius 1 is 1.28 bits per heavy atom. The maximum absolute atomic E-state index is 11.5. The summed E-state index contributed by atoms with van der Waals surface area (Å²) in [7, 11) is -3.16. The van der Waals surface area contributed by atoms with E-state index in [0.29, 0.717) is 23.8 Å². The lowest BCUT2D eigenvalue weighted by molar-refractivity contribution is 0.323. The van der Waals surface area contributed by atoms with Crippen LogP contribution in [-0.2, 0) is 10.0 Å². The molecule has 1 N–H and O–H groups in total. The van der Waals surface area contributed by atoms with Crippen molar-refractivity contribution in [2.24, 2.45) is 0 Å². The zero-order valence-electron chi connectivity index (χ0n) is 10.4. The van der Waals surface area contributed by atoms with E-state index in [4.69, 9.17) is 16.3 Å². The van der Waals surface area contributed by atoms with E-state index in [0.717, 1.165) is 6.42 Å². The Morgan fingerprint density at radius 2 is 1.94 bits per heavy atom. The van der Waals surface area contributed by atoms with E-state index >= 15 is 0 Å². The minimum Gasteiger partial charge on any atom is -0.492 e. The fourth-order valence-corrected chi connectivity index (χ4v) is 2.64. The second-order valence-corrected chi connectivity index (χ2v) is 6.23. The summed E-state index contributed by atoms with van der Waals surface area (Å²) in [4.78, 5) is 0. The number of unbranched alkanes of at least 4 members (excludes halogenated alkanes) is 1. The Morgan fingerprint density at radius 3 is 2.56 bits per heavy atom. The van der Waals surface area contributed by atoms with E-state index in [1.165, 1.54) is 0 Å². The molecule has 0 heterocycles. The van der Waals surface area contributed by atoms with Gasteiger partial charge in [0.05, 0.1) is 5.75 Å². The number of sulfonamides is 1. The molecule has 0 aliphatic rings. The standard InChI is InChI=1S/C12H18ClNO3S/c1-2-3-10-18(15,16)14-8-9-17-12-6-4-11(13)5-7-12/h4-7,14H,2-3,8-10H2,1H3. The lowest BCUT2D eigenvalue weighted by atomic mass is 10.3. The number of rotatable bonds is 8. The summed E-state index contributed by atoms with van der Waals surface area (Å²) in [5.41, 5.74) is 0. The van der Waals surface area contributed by atoms with Gasteiger partial charge in [0.2, 0.25) is 10.0 Å². The van der Waals surface area contributed by atoms with Crippen LogP contribution in [0.2, 0.25) is 5.02 Å². The van der Waals surface area contributed by atoms with Gasteiger partial charge in [0, 0.05) is 11.6 Å². The molecule has 18 heavy (non-hydrogen) atoms. The van der Waals surface area contributed by atoms with E-state index in [1.54, 1.807) is 24.3 Å². The first kappa shape index (κ1) is 15.3. The van der Waals surface area contributed by atoms with Crippen molar-refractivity contribution in [3.63, 3.8) is 0 Å². The average Bonchev–Trinajstić information content (AvgIpc) is 2.34. The quantitative estimate of drug-likeness (QED) is 0.749. The van der Waals surface area contributed by atoms with Crippen LogP contribution in [0.15, 0.2) is 24.3 Å². The van der Waals surface area contributed by atoms with Crippen molar-refractivity contribution in [3.05, 3.63) is 29.3 Å². The van der Waals surface area contributed by atoms with Crippen LogP contribution in [0.25, 0.3) is 0 Å². The third-order valence-electron chi connectivity index (χ3n) is 2.27. The van der Waals surface area contributed by atoms with Gasteiger partial charge in [-0.25, -0.2) is 13.1 Å². The number of nitrogens with one attached hydrogen (secondary N) is 1. The van der Waals surface area contributed by atoms with Crippen LogP contribution in [0.3, 0.4) is 0 Å². The molecule has 0 unspecified atom stereocenters. The van der Waals surface area contributed by atoms with Gasteiger partial charge in [0.1, 0.15) is 12.4 Å². The number of halogens is 1. The fourth-order valence-electron chi connectivity index (χ4n) is 1.30. The Bertz CT molecular complexity index is 445. The van der Waals surface area contributed by atoms with E-state index < -0.39 is 10.0 Å². The van der Waals surface area contributed by atoms with E-state index in [-0.39, 0.29) is 12.3 Å². The molecule has 1 rings (SSSR count). The molecule has 0 amide bonds. The van der Waals surface area contributed by atoms with Gasteiger partial charge in [0.15, 0.2) is 0 Å². The molecule has 6 heteroatoms. The van der Waals surface area contributed by atoms with Gasteiger partial charge in [-0.15, -0.1) is 0 Å². The molecule has 1 aromatic rings. The summed E-state index contributed by atoms with van der Waals surface area (Å²) in [6.07, 6.45) is 1.54. The average molecular weight is 292 g/mol. The van der Waals surface area contributed by atoms with Gasteiger partial charge < -0.3 is 4.74 Å². The van der Waals surface area contributed by atoms with Crippen LogP contribution >= 0.6 is 11.6 Å². The summed E-state index contributed by atoms with van der Waals surface area (Å²) < 4.78 is 30.8. The summed E-state index contributed by atoms with van der Waals surface area (Å²) in [6.45, 7) is 2.53. The summed E-state index contributed by atoms with van der Waals surface area (Å²) in [5.74, 6) is 0.844. The molecule has 0 spiro atoms. The van der Waals surface area contributed by atoms with Gasteiger partial charge in [-0.2, -0.15) is 0 Å². The highest BCUT2D eigenvalue weighted by Gasteiger charge is 2.07. The minimum absolute atomic E-state index is 0.171. The molecule has 4 nitrogen and oxygen atoms in total. The van der Waals surface area contributed by atoms with Crippen LogP contribution in [-0.4, -0.2) is 27.3 Å². The van der Waals surface area contributed by atoms with Crippen molar-refractivity contribution >= 4 is 21.6 Å². The van der Waals surface area contributed by atoms with Crippen LogP contribution in [0.1, 0.15) is 19.8 Å². The summed E-state index contributed by atoms with van der Waals surface area (Å²) in [5, 5.41) is 0.641. The SMILES string of the molecule is CCCCS(=O)(=O)NCCOc1ccc(Cl)cc1. The largest absolute Gasteiger partial charge is 0.492 e. The maximum atomic E-state index is 11.5. The van der Waals surface area contributed by atoms with Crippen LogP contribution < -0.4 is 9.46 Å². The maximum Gasteiger partial charge on any atom is 0.211 e. The summed E-state index contributed by atoms with van der Waals surface area (Å²) >= 11 is 5.73. The molecule has 0 aromatic heterocycles. The number of benzene rings is 1. The number of hydrogen-bond acceptors (Lipinski definition) is 3. The lowest BCUT2D eigenvalue weighted by Crippen LogP contribution is -2.30. The smallest absolute Gasteiger partial charge is 0.211 e. The van der Waals surface area contributed by atoms with E-state index in [1.807, 2.05) is 6.92 Å². The van der Waals surface area contributed by atoms with Crippen molar-refractivity contribution in [2.45, 2.75) is 19.8 Å². The highest BCUT2D eigenvalue weighted by atomic mass is 35.5. The van der Waals surface area contributed by atoms with Gasteiger partial charge in [-0.05, 0) is 30.7 Å². The zero-order chi connectivity index (χ0) is 13.4. The molecule has 0 saturated heterocycles. The molecule has 0 radical (unpaired) electrons. The summed E-state index contributed by atoms with van der Waals surface area (Å²) in [6, 6.07) is 6.94. The Labute approximate surface area is 113 Å². The topological polar surface area (TPSA) is 55.4 Å². The second-order valence-electron chi connectivity index (χ2n) is 3.87. The molecule has 0 saturated carbocycles. The first-order chi connectivity index (χ1) is 8.53. The third kappa shape index (κ3) is 6.23. The lowest BCUT2D eigenvalue weighted by Gasteiger charge is -2.08. The van der Waals surface area contributed by atoms with E-state index in [9.17, 15) is 8.42 Å². The van der Waals surface area contributed by atoms with Crippen LogP contribution in [0.5, 0.6) is 5.75 Å². The van der Waals surface area contributed by atoms with Crippen LogP contribution in [0, 0.1) is 0 Å². The van der Waals surface area contributed by atoms with E-state index in [2.05, 4.69) is 4.72 Å². The zero-order valence-corrected chi connectivity index (χ0v) is 11.9. The monoisotopic (exact) mass is 291 g/mol. The molecule has 1 aromatic carbocycles. The predicted molar refractivity (Wildman–Crippen MR) is 73.6 cm³/mol. The number of ether oxygens (including phenoxy) is 1. The Kier molecular flexibility index (Phi) is 6.46. The highest BCUT2D eigenvalue weighted by Crippen LogP contribution is 2.15. The first-order valence-corrected chi connectivity index (χ1v) is 7.92. The van der Waals surface area contributed by atoms with Gasteiger partial charge in [0.25, 0.3) is 0 Å². The molecule has 0 atom stereocenters. The molecular weight excluding hydrogens is 274 g/mol. The first-order valence-electron chi connectivity index (χ1n) is 5.89. The Hall–Kier alpha value is -0.780. The normalized spacial score (nSPS) is 11.4. The van der Waals surface area contributed by atoms with Crippen molar-refractivity contribution in [2.75, 3.05) is 18.9 Å². The molecule has 0 aliphatic heterocycles. The van der Waals surface area contributed by atoms with Crippen molar-refractivity contribution in [3.8, 4) is 5.75 Å². The number of hydrogen-bond donors (Lipinski definition) is 1. The molecule has 0 bridgehead atoms. The molecule has 0 fully saturated rings. The van der Waals surface area contributed by atoms with Gasteiger partial charge >= 0.3 is 0 Å². The van der Waals surface area contributed by atoms with Gasteiger partial charge in [-0.3, -0.25) is 0 Å². The predicted octanol–water partition coefficient (Wildman–Crippen LogP) is 2.44. The Balaban J connectivity index is 2.24. The fraction of sp³-hybridized carbons (Fsp3) is 0.500. The van der Waals surface area contributed by atoms with Crippen molar-refractivity contribution in [1.29, 1.82) is 0 Å². The minimum atomic E-state index is -3.16. The third-order valence-corrected chi connectivity index (χ3v) is 4.00. The second kappa shape index (κ2) is 7.61. The van der Waals surface area contributed by atoms with Crippen molar-refractivity contribution in [1.82, 2.24) is 4.72 Å².